The van der Waals surface area contributed by atoms with E-state index in [2.05, 4.69) is 0 Å². The number of nitrogens with zero attached hydrogens (tertiary/aromatic N) is 2. The van der Waals surface area contributed by atoms with Crippen molar-refractivity contribution in [2.75, 3.05) is 26.2 Å². The number of hydrogen-bond acceptors (Lipinski definition) is 6. The van der Waals surface area contributed by atoms with Crippen LogP contribution in [0, 0.1) is 5.82 Å². The number of amides is 1. The SMILES string of the molecule is COc1cc(N2C(=O)C[C@H](c3ccc(F)cc3)c3sc(=O)n(C)c32)cc(OC)c1OC. The number of rotatable bonds is 5. The van der Waals surface area contributed by atoms with Crippen LogP contribution in [-0.4, -0.2) is 31.8 Å². The Bertz CT molecular complexity index is 1180. The Morgan fingerprint density at radius 2 is 1.61 bits per heavy atom. The number of methoxy groups -OCH3 is 3. The number of ether oxygens (including phenoxy) is 3. The fraction of sp³-hybridized carbons (Fsp3) is 0.273. The van der Waals surface area contributed by atoms with Gasteiger partial charge in [-0.25, -0.2) is 4.39 Å². The van der Waals surface area contributed by atoms with Crippen LogP contribution in [-0.2, 0) is 11.8 Å². The summed E-state index contributed by atoms with van der Waals surface area (Å²) in [5, 5.41) is 0. The first-order valence-corrected chi connectivity index (χ1v) is 10.3. The van der Waals surface area contributed by atoms with E-state index < -0.39 is 0 Å². The summed E-state index contributed by atoms with van der Waals surface area (Å²) in [6, 6.07) is 9.35. The van der Waals surface area contributed by atoms with Crippen LogP contribution in [0.1, 0.15) is 22.8 Å². The third-order valence-corrected chi connectivity index (χ3v) is 6.48. The van der Waals surface area contributed by atoms with Crippen molar-refractivity contribution in [2.45, 2.75) is 12.3 Å². The maximum atomic E-state index is 13.4. The minimum absolute atomic E-state index is 0.134. The van der Waals surface area contributed by atoms with E-state index in [9.17, 15) is 14.0 Å². The summed E-state index contributed by atoms with van der Waals surface area (Å²) in [6.07, 6.45) is 0.134. The van der Waals surface area contributed by atoms with E-state index in [4.69, 9.17) is 14.2 Å². The van der Waals surface area contributed by atoms with Gasteiger partial charge < -0.3 is 14.2 Å². The fourth-order valence-electron chi connectivity index (χ4n) is 3.85. The molecular formula is C22H21FN2O5S. The molecule has 162 valence electrons. The molecule has 1 amide bonds. The highest BCUT2D eigenvalue weighted by Crippen LogP contribution is 2.48. The van der Waals surface area contributed by atoms with Crippen LogP contribution in [0.25, 0.3) is 0 Å². The summed E-state index contributed by atoms with van der Waals surface area (Å²) in [7, 11) is 6.12. The molecule has 0 saturated heterocycles. The van der Waals surface area contributed by atoms with Crippen LogP contribution in [0.3, 0.4) is 0 Å². The molecule has 3 aromatic rings. The average molecular weight is 444 g/mol. The molecule has 31 heavy (non-hydrogen) atoms. The van der Waals surface area contributed by atoms with Crippen LogP contribution < -0.4 is 24.0 Å². The Morgan fingerprint density at radius 3 is 2.16 bits per heavy atom. The lowest BCUT2D eigenvalue weighted by atomic mass is 9.90. The zero-order chi connectivity index (χ0) is 22.3. The van der Waals surface area contributed by atoms with Gasteiger partial charge in [0.2, 0.25) is 11.7 Å². The van der Waals surface area contributed by atoms with Gasteiger partial charge in [0.05, 0.1) is 31.9 Å². The van der Waals surface area contributed by atoms with Crippen LogP contribution in [0.5, 0.6) is 17.2 Å². The Balaban J connectivity index is 1.90. The number of aromatic nitrogens is 1. The molecule has 0 saturated carbocycles. The minimum Gasteiger partial charge on any atom is -0.493 e. The van der Waals surface area contributed by atoms with Crippen LogP contribution >= 0.6 is 11.3 Å². The van der Waals surface area contributed by atoms with Crippen molar-refractivity contribution < 1.29 is 23.4 Å². The molecule has 0 bridgehead atoms. The highest BCUT2D eigenvalue weighted by Gasteiger charge is 2.38. The van der Waals surface area contributed by atoms with Gasteiger partial charge in [-0.1, -0.05) is 23.5 Å². The van der Waals surface area contributed by atoms with E-state index in [1.54, 1.807) is 31.3 Å². The number of anilines is 2. The second-order valence-electron chi connectivity index (χ2n) is 7.04. The topological polar surface area (TPSA) is 70.0 Å². The van der Waals surface area contributed by atoms with Gasteiger partial charge >= 0.3 is 4.87 Å². The van der Waals surface area contributed by atoms with Crippen LogP contribution in [0.15, 0.2) is 41.2 Å². The summed E-state index contributed by atoms with van der Waals surface area (Å²) in [6.45, 7) is 0. The number of halogens is 1. The van der Waals surface area contributed by atoms with Crippen LogP contribution in [0.2, 0.25) is 0 Å². The van der Waals surface area contributed by atoms with Gasteiger partial charge in [-0.3, -0.25) is 19.1 Å². The van der Waals surface area contributed by atoms with Crippen molar-refractivity contribution in [2.24, 2.45) is 7.05 Å². The second kappa shape index (κ2) is 8.07. The summed E-state index contributed by atoms with van der Waals surface area (Å²) >= 11 is 1.08. The van der Waals surface area contributed by atoms with Gasteiger partial charge in [-0.05, 0) is 17.7 Å². The largest absolute Gasteiger partial charge is 0.493 e. The molecule has 0 spiro atoms. The number of carbonyl (C=O) groups excluding carboxylic acids is 1. The monoisotopic (exact) mass is 444 g/mol. The van der Waals surface area contributed by atoms with Gasteiger partial charge in [-0.15, -0.1) is 0 Å². The van der Waals surface area contributed by atoms with Crippen molar-refractivity contribution in [1.29, 1.82) is 0 Å². The summed E-state index contributed by atoms with van der Waals surface area (Å²) < 4.78 is 31.1. The first kappa shape index (κ1) is 20.9. The molecule has 2 heterocycles. The molecule has 1 aromatic heterocycles. The zero-order valence-electron chi connectivity index (χ0n) is 17.5. The maximum absolute atomic E-state index is 13.4. The Morgan fingerprint density at radius 1 is 1.00 bits per heavy atom. The predicted octanol–water partition coefficient (Wildman–Crippen LogP) is 3.81. The molecule has 2 aromatic carbocycles. The van der Waals surface area contributed by atoms with Crippen molar-refractivity contribution in [1.82, 2.24) is 4.57 Å². The lowest BCUT2D eigenvalue weighted by Crippen LogP contribution is -2.34. The van der Waals surface area contributed by atoms with Gasteiger partial charge in [-0.2, -0.15) is 0 Å². The Hall–Kier alpha value is -3.33. The first-order chi connectivity index (χ1) is 14.9. The van der Waals surface area contributed by atoms with Gasteiger partial charge in [0.25, 0.3) is 0 Å². The van der Waals surface area contributed by atoms with Crippen molar-refractivity contribution in [3.8, 4) is 17.2 Å². The van der Waals surface area contributed by atoms with E-state index in [0.717, 1.165) is 21.8 Å². The normalized spacial score (nSPS) is 15.6. The molecule has 0 radical (unpaired) electrons. The number of thiazole rings is 1. The number of benzene rings is 2. The van der Waals surface area contributed by atoms with Gasteiger partial charge in [0.1, 0.15) is 11.6 Å². The van der Waals surface area contributed by atoms with Crippen LogP contribution in [0.4, 0.5) is 15.9 Å². The molecule has 1 aliphatic heterocycles. The highest BCUT2D eigenvalue weighted by molar-refractivity contribution is 7.10. The molecule has 0 aliphatic carbocycles. The first-order valence-electron chi connectivity index (χ1n) is 9.47. The second-order valence-corrected chi connectivity index (χ2v) is 8.03. The molecule has 0 N–H and O–H groups in total. The zero-order valence-corrected chi connectivity index (χ0v) is 18.3. The third kappa shape index (κ3) is 3.44. The molecule has 0 fully saturated rings. The fourth-order valence-corrected chi connectivity index (χ4v) is 4.94. The molecule has 1 atom stereocenters. The maximum Gasteiger partial charge on any atom is 0.308 e. The highest BCUT2D eigenvalue weighted by atomic mass is 32.1. The Kier molecular flexibility index (Phi) is 5.45. The molecule has 4 rings (SSSR count). The molecule has 7 nitrogen and oxygen atoms in total. The quantitative estimate of drug-likeness (QED) is 0.599. The molecule has 9 heteroatoms. The number of carbonyl (C=O) groups is 1. The minimum atomic E-state index is -0.355. The lowest BCUT2D eigenvalue weighted by Gasteiger charge is -2.32. The van der Waals surface area contributed by atoms with Gasteiger partial charge in [0.15, 0.2) is 11.5 Å². The van der Waals surface area contributed by atoms with E-state index in [1.807, 2.05) is 0 Å². The van der Waals surface area contributed by atoms with E-state index >= 15 is 0 Å². The van der Waals surface area contributed by atoms with E-state index in [-0.39, 0.29) is 28.9 Å². The smallest absolute Gasteiger partial charge is 0.308 e. The van der Waals surface area contributed by atoms with E-state index in [0.29, 0.717) is 28.8 Å². The molecule has 1 aliphatic rings. The average Bonchev–Trinajstić information content (AvgIpc) is 3.07. The van der Waals surface area contributed by atoms with Gasteiger partial charge in [0, 0.05) is 31.5 Å². The predicted molar refractivity (Wildman–Crippen MR) is 116 cm³/mol. The number of hydrogen-bond donors (Lipinski definition) is 0. The van der Waals surface area contributed by atoms with Crippen molar-refractivity contribution >= 4 is 28.7 Å². The van der Waals surface area contributed by atoms with E-state index in [1.165, 1.54) is 42.9 Å². The van der Waals surface area contributed by atoms with Crippen molar-refractivity contribution in [3.05, 3.63) is 62.3 Å². The summed E-state index contributed by atoms with van der Waals surface area (Å²) in [5.74, 6) is 0.784. The standard InChI is InChI=1S/C22H21FN2O5S/c1-24-21-20(31-22(24)27)15(12-5-7-13(23)8-6-12)11-18(26)25(21)14-9-16(28-2)19(30-4)17(10-14)29-3/h5-10,15H,11H2,1-4H3/t15-/m1/s1. The summed E-state index contributed by atoms with van der Waals surface area (Å²) in [4.78, 5) is 28.0. The summed E-state index contributed by atoms with van der Waals surface area (Å²) in [5.41, 5.74) is 1.27. The third-order valence-electron chi connectivity index (χ3n) is 5.35. The molecular weight excluding hydrogens is 423 g/mol. The molecule has 0 unspecified atom stereocenters. The number of fused-ring (bicyclic) bond motifs is 1. The lowest BCUT2D eigenvalue weighted by molar-refractivity contribution is -0.118. The Labute approximate surface area is 182 Å². The van der Waals surface area contributed by atoms with Crippen molar-refractivity contribution in [3.63, 3.8) is 0 Å².